The minimum absolute atomic E-state index is 0.102. The number of hydrogen-bond acceptors (Lipinski definition) is 7. The van der Waals surface area contributed by atoms with Gasteiger partial charge in [0.05, 0.1) is 6.04 Å². The van der Waals surface area contributed by atoms with Crippen LogP contribution in [-0.2, 0) is 25.6 Å². The molecule has 0 aliphatic rings. The third-order valence-corrected chi connectivity index (χ3v) is 6.39. The molecule has 0 aliphatic heterocycles. The molecule has 0 radical (unpaired) electrons. The molecule has 1 aromatic rings. The molecule has 0 aliphatic carbocycles. The summed E-state index contributed by atoms with van der Waals surface area (Å²) >= 11 is 1.52. The van der Waals surface area contributed by atoms with E-state index in [0.29, 0.717) is 31.6 Å². The number of carbonyl (C=O) groups excluding carboxylic acids is 3. The third-order valence-electron chi connectivity index (χ3n) is 5.74. The van der Waals surface area contributed by atoms with Crippen LogP contribution in [0.5, 0.6) is 0 Å². The summed E-state index contributed by atoms with van der Waals surface area (Å²) in [6, 6.07) is 5.18. The van der Waals surface area contributed by atoms with E-state index >= 15 is 0 Å². The highest BCUT2D eigenvalue weighted by Crippen LogP contribution is 2.09. The van der Waals surface area contributed by atoms with Crippen molar-refractivity contribution in [2.45, 2.75) is 70.1 Å². The number of unbranched alkanes of at least 4 members (excludes halogenated alkanes) is 1. The van der Waals surface area contributed by atoms with Crippen LogP contribution in [0.3, 0.4) is 0 Å². The highest BCUT2D eigenvalue weighted by Gasteiger charge is 2.30. The van der Waals surface area contributed by atoms with E-state index in [9.17, 15) is 24.3 Å². The summed E-state index contributed by atoms with van der Waals surface area (Å²) in [7, 11) is 0. The lowest BCUT2D eigenvalue weighted by atomic mass is 10.0. The molecule has 4 unspecified atom stereocenters. The van der Waals surface area contributed by atoms with E-state index in [1.54, 1.807) is 24.3 Å². The second kappa shape index (κ2) is 16.9. The number of nitrogens with one attached hydrogen (secondary N) is 3. The largest absolute Gasteiger partial charge is 0.480 e. The number of aliphatic carboxylic acids is 1. The Hall–Kier alpha value is -2.63. The fourth-order valence-corrected chi connectivity index (χ4v) is 3.90. The molecule has 4 atom stereocenters. The predicted octanol–water partition coefficient (Wildman–Crippen LogP) is 0.634. The molecular formula is C25H41N5O5S. The van der Waals surface area contributed by atoms with E-state index in [4.69, 9.17) is 11.5 Å². The van der Waals surface area contributed by atoms with Gasteiger partial charge in [-0.05, 0) is 55.7 Å². The minimum atomic E-state index is -1.17. The summed E-state index contributed by atoms with van der Waals surface area (Å²) in [5.41, 5.74) is 12.3. The lowest BCUT2D eigenvalue weighted by molar-refractivity contribution is -0.142. The molecule has 202 valence electrons. The monoisotopic (exact) mass is 523 g/mol. The first-order chi connectivity index (χ1) is 17.1. The Labute approximate surface area is 217 Å². The fraction of sp³-hybridized carbons (Fsp3) is 0.600. The Morgan fingerprint density at radius 3 is 1.97 bits per heavy atom. The Morgan fingerprint density at radius 2 is 1.44 bits per heavy atom. The summed E-state index contributed by atoms with van der Waals surface area (Å²) < 4.78 is 0. The van der Waals surface area contributed by atoms with Crippen molar-refractivity contribution in [2.75, 3.05) is 18.6 Å². The maximum Gasteiger partial charge on any atom is 0.326 e. The van der Waals surface area contributed by atoms with Gasteiger partial charge in [-0.1, -0.05) is 44.2 Å². The zero-order valence-electron chi connectivity index (χ0n) is 21.4. The van der Waals surface area contributed by atoms with Crippen molar-refractivity contribution in [3.05, 3.63) is 35.9 Å². The van der Waals surface area contributed by atoms with Gasteiger partial charge in [-0.3, -0.25) is 14.4 Å². The number of hydrogen-bond donors (Lipinski definition) is 6. The average Bonchev–Trinajstić information content (AvgIpc) is 2.85. The Kier molecular flexibility index (Phi) is 14.8. The van der Waals surface area contributed by atoms with Crippen molar-refractivity contribution in [3.8, 4) is 0 Å². The molecule has 0 fully saturated rings. The van der Waals surface area contributed by atoms with E-state index in [1.165, 1.54) is 11.8 Å². The summed E-state index contributed by atoms with van der Waals surface area (Å²) in [4.78, 5) is 50.6. The van der Waals surface area contributed by atoms with Gasteiger partial charge in [-0.15, -0.1) is 0 Å². The number of benzene rings is 1. The van der Waals surface area contributed by atoms with E-state index < -0.39 is 47.9 Å². The number of thioether (sulfide) groups is 1. The summed E-state index contributed by atoms with van der Waals surface area (Å²) in [5.74, 6) is -2.23. The van der Waals surface area contributed by atoms with Gasteiger partial charge in [0.15, 0.2) is 0 Å². The molecule has 0 saturated heterocycles. The quantitative estimate of drug-likeness (QED) is 0.161. The normalized spacial score (nSPS) is 14.4. The first-order valence-corrected chi connectivity index (χ1v) is 13.6. The zero-order valence-corrected chi connectivity index (χ0v) is 22.2. The van der Waals surface area contributed by atoms with Crippen LogP contribution in [-0.4, -0.2) is 71.5 Å². The highest BCUT2D eigenvalue weighted by atomic mass is 32.2. The molecule has 0 bridgehead atoms. The predicted molar refractivity (Wildman–Crippen MR) is 142 cm³/mol. The van der Waals surface area contributed by atoms with Crippen molar-refractivity contribution in [2.24, 2.45) is 17.4 Å². The summed E-state index contributed by atoms with van der Waals surface area (Å²) in [6.07, 6.45) is 3.82. The van der Waals surface area contributed by atoms with Crippen LogP contribution in [0.25, 0.3) is 0 Å². The van der Waals surface area contributed by atoms with Gasteiger partial charge < -0.3 is 32.5 Å². The van der Waals surface area contributed by atoms with Crippen LogP contribution in [0.15, 0.2) is 30.3 Å². The molecule has 1 aromatic carbocycles. The molecule has 3 amide bonds. The van der Waals surface area contributed by atoms with Gasteiger partial charge in [0.2, 0.25) is 17.7 Å². The van der Waals surface area contributed by atoms with Crippen molar-refractivity contribution in [1.82, 2.24) is 16.0 Å². The molecule has 36 heavy (non-hydrogen) atoms. The van der Waals surface area contributed by atoms with Gasteiger partial charge >= 0.3 is 5.97 Å². The molecule has 8 N–H and O–H groups in total. The lowest BCUT2D eigenvalue weighted by Crippen LogP contribution is -2.57. The van der Waals surface area contributed by atoms with Crippen LogP contribution in [0.2, 0.25) is 0 Å². The van der Waals surface area contributed by atoms with Crippen LogP contribution in [0, 0.1) is 5.92 Å². The molecule has 0 saturated carbocycles. The highest BCUT2D eigenvalue weighted by molar-refractivity contribution is 7.98. The standard InChI is InChI=1S/C25H41N5O5S/c1-16(2)21(27)24(33)29-19(12-14-36-3)23(32)28-18(11-7-8-13-26)22(31)30-20(25(34)35)15-17-9-5-4-6-10-17/h4-6,9-10,16,18-21H,7-8,11-15,26-27H2,1-3H3,(H,28,32)(H,29,33)(H,30,31)(H,34,35). The van der Waals surface area contributed by atoms with E-state index in [2.05, 4.69) is 16.0 Å². The van der Waals surface area contributed by atoms with Crippen molar-refractivity contribution >= 4 is 35.5 Å². The molecule has 1 rings (SSSR count). The first-order valence-electron chi connectivity index (χ1n) is 12.2. The van der Waals surface area contributed by atoms with Crippen molar-refractivity contribution in [1.29, 1.82) is 0 Å². The van der Waals surface area contributed by atoms with Crippen molar-refractivity contribution in [3.63, 3.8) is 0 Å². The second-order valence-corrected chi connectivity index (χ2v) is 10.0. The van der Waals surface area contributed by atoms with Gasteiger partial charge in [0.1, 0.15) is 18.1 Å². The van der Waals surface area contributed by atoms with E-state index in [1.807, 2.05) is 26.2 Å². The van der Waals surface area contributed by atoms with Crippen LogP contribution in [0.4, 0.5) is 0 Å². The number of nitrogens with two attached hydrogens (primary N) is 2. The maximum atomic E-state index is 13.1. The zero-order chi connectivity index (χ0) is 27.1. The van der Waals surface area contributed by atoms with Crippen LogP contribution >= 0.6 is 11.8 Å². The summed E-state index contributed by atoms with van der Waals surface area (Å²) in [5, 5.41) is 17.6. The molecule has 10 nitrogen and oxygen atoms in total. The van der Waals surface area contributed by atoms with E-state index in [0.717, 1.165) is 5.56 Å². The number of amides is 3. The van der Waals surface area contributed by atoms with Crippen molar-refractivity contribution < 1.29 is 24.3 Å². The summed E-state index contributed by atoms with van der Waals surface area (Å²) in [6.45, 7) is 4.05. The smallest absolute Gasteiger partial charge is 0.326 e. The number of rotatable bonds is 17. The SMILES string of the molecule is CSCCC(NC(=O)C(N)C(C)C)C(=O)NC(CCCCN)C(=O)NC(Cc1ccccc1)C(=O)O. The Bertz CT molecular complexity index is 839. The first kappa shape index (κ1) is 31.4. The Morgan fingerprint density at radius 1 is 0.889 bits per heavy atom. The Balaban J connectivity index is 2.99. The van der Waals surface area contributed by atoms with Gasteiger partial charge in [-0.2, -0.15) is 11.8 Å². The van der Waals surface area contributed by atoms with Gasteiger partial charge in [0, 0.05) is 6.42 Å². The van der Waals surface area contributed by atoms with Gasteiger partial charge in [-0.25, -0.2) is 4.79 Å². The second-order valence-electron chi connectivity index (χ2n) is 9.05. The average molecular weight is 524 g/mol. The number of carbonyl (C=O) groups is 4. The number of carboxylic acids is 1. The lowest BCUT2D eigenvalue weighted by Gasteiger charge is -2.26. The molecule has 0 aromatic heterocycles. The maximum absolute atomic E-state index is 13.1. The molecule has 11 heteroatoms. The fourth-order valence-electron chi connectivity index (χ4n) is 3.43. The molecule has 0 heterocycles. The molecular weight excluding hydrogens is 482 g/mol. The minimum Gasteiger partial charge on any atom is -0.480 e. The number of carboxylic acid groups (broad SMARTS) is 1. The van der Waals surface area contributed by atoms with Crippen LogP contribution < -0.4 is 27.4 Å². The third kappa shape index (κ3) is 11.4. The molecule has 0 spiro atoms. The topological polar surface area (TPSA) is 177 Å². The van der Waals surface area contributed by atoms with E-state index in [-0.39, 0.29) is 18.8 Å². The van der Waals surface area contributed by atoms with Crippen LogP contribution in [0.1, 0.15) is 45.1 Å². The van der Waals surface area contributed by atoms with Gasteiger partial charge in [0.25, 0.3) is 0 Å².